The van der Waals surface area contributed by atoms with E-state index in [1.165, 1.54) is 5.92 Å². The Bertz CT molecular complexity index is 8.36. The molecule has 0 fully saturated rings. The smallest absolute Gasteiger partial charge is 0.323 e. The zero-order valence-corrected chi connectivity index (χ0v) is 5.97. The second-order valence-corrected chi connectivity index (χ2v) is 1.50. The van der Waals surface area contributed by atoms with Crippen LogP contribution in [0.15, 0.2) is 0 Å². The molecule has 0 nitrogen and oxygen atoms in total. The average Bonchev–Trinajstić information content (AvgIpc) is 0.811. The summed E-state index contributed by atoms with van der Waals surface area (Å²) in [5, 5.41) is 0. The molecule has 5 heavy (non-hydrogen) atoms. The Kier molecular flexibility index (Phi) is 8.74. The fraction of sp³-hybridized carbons (Fsp3) is 0.750. The van der Waals surface area contributed by atoms with Crippen molar-refractivity contribution in [2.45, 2.75) is 20.8 Å². The van der Waals surface area contributed by atoms with Crippen LogP contribution in [0.3, 0.4) is 0 Å². The predicted octanol–water partition coefficient (Wildman–Crippen LogP) is 1.62. The monoisotopic (exact) mass is 254 g/mol. The first kappa shape index (κ1) is 9.22. The molecule has 0 N–H and O–H groups in total. The molecule has 0 aromatic carbocycles. The molecule has 0 aromatic rings. The minimum Gasteiger partial charge on any atom is -0.323 e. The van der Waals surface area contributed by atoms with Gasteiger partial charge in [0.15, 0.2) is 0 Å². The van der Waals surface area contributed by atoms with Gasteiger partial charge in [0.05, 0.1) is 0 Å². The van der Waals surface area contributed by atoms with Crippen molar-refractivity contribution in [3.05, 3.63) is 5.92 Å². The maximum atomic E-state index is 2.08. The molecule has 0 spiro atoms. The first-order valence-electron chi connectivity index (χ1n) is 1.50. The van der Waals surface area contributed by atoms with Crippen molar-refractivity contribution in [2.75, 3.05) is 0 Å². The van der Waals surface area contributed by atoms with Crippen molar-refractivity contribution in [3.8, 4) is 0 Å². The van der Waals surface area contributed by atoms with Gasteiger partial charge in [0, 0.05) is 0 Å². The average molecular weight is 254 g/mol. The number of hydrogen-bond donors (Lipinski definition) is 0. The summed E-state index contributed by atoms with van der Waals surface area (Å²) in [7, 11) is 0. The van der Waals surface area contributed by atoms with Crippen molar-refractivity contribution in [1.29, 1.82) is 0 Å². The van der Waals surface area contributed by atoms with Gasteiger partial charge in [-0.05, 0) is 0 Å². The molecule has 0 bridgehead atoms. The summed E-state index contributed by atoms with van der Waals surface area (Å²) in [6.07, 6.45) is 0. The van der Waals surface area contributed by atoms with E-state index in [0.717, 1.165) is 0 Å². The normalized spacial score (nSPS) is 7.20. The minimum atomic E-state index is 0. The third-order valence-electron chi connectivity index (χ3n) is 0. The summed E-state index contributed by atoms with van der Waals surface area (Å²) in [5.74, 6) is 1.42. The largest absolute Gasteiger partial charge is 1.00 e. The summed E-state index contributed by atoms with van der Waals surface area (Å²) in [6, 6.07) is 0. The van der Waals surface area contributed by atoms with Crippen LogP contribution in [0.1, 0.15) is 20.8 Å². The molecular weight excluding hydrogens is 245 g/mol. The molecule has 0 heterocycles. The Morgan fingerprint density at radius 1 is 1.00 bits per heavy atom. The van der Waals surface area contributed by atoms with Gasteiger partial charge < -0.3 is 5.92 Å². The van der Waals surface area contributed by atoms with Crippen LogP contribution < -0.4 is 0 Å². The Labute approximate surface area is 49.5 Å². The Morgan fingerprint density at radius 3 is 1.00 bits per heavy atom. The first-order chi connectivity index (χ1) is 1.73. The molecule has 0 radical (unpaired) electrons. The van der Waals surface area contributed by atoms with Crippen LogP contribution in [0.2, 0.25) is 0 Å². The Hall–Kier alpha value is 0.740. The quantitative estimate of drug-likeness (QED) is 0.455. The maximum Gasteiger partial charge on any atom is 1.00 e. The van der Waals surface area contributed by atoms with Gasteiger partial charge in [-0.2, -0.15) is 20.8 Å². The first-order valence-corrected chi connectivity index (χ1v) is 1.50. The molecule has 0 unspecified atom stereocenters. The van der Waals surface area contributed by atoms with Crippen LogP contribution in [0.4, 0.5) is 0 Å². The van der Waals surface area contributed by atoms with Crippen LogP contribution in [0, 0.1) is 5.92 Å². The molecule has 0 atom stereocenters. The van der Waals surface area contributed by atoms with Crippen LogP contribution in [0.25, 0.3) is 0 Å². The van der Waals surface area contributed by atoms with Crippen molar-refractivity contribution in [2.24, 2.45) is 0 Å². The topological polar surface area (TPSA) is 0 Å². The van der Waals surface area contributed by atoms with E-state index in [0.29, 0.717) is 0 Å². The molecule has 0 rings (SSSR count). The van der Waals surface area contributed by atoms with Gasteiger partial charge in [-0.25, -0.2) is 0 Å². The molecule has 1 heteroatoms. The fourth-order valence-electron chi connectivity index (χ4n) is 0. The van der Waals surface area contributed by atoms with Crippen molar-refractivity contribution >= 4 is 0 Å². The molecular formula is C4H9Au. The Balaban J connectivity index is 0. The summed E-state index contributed by atoms with van der Waals surface area (Å²) in [5.41, 5.74) is 0. The van der Waals surface area contributed by atoms with E-state index in [9.17, 15) is 0 Å². The van der Waals surface area contributed by atoms with E-state index in [1.807, 2.05) is 0 Å². The number of hydrogen-bond acceptors (Lipinski definition) is 0. The summed E-state index contributed by atoms with van der Waals surface area (Å²) in [4.78, 5) is 0. The Morgan fingerprint density at radius 2 is 1.00 bits per heavy atom. The van der Waals surface area contributed by atoms with Gasteiger partial charge in [0.1, 0.15) is 0 Å². The molecule has 0 aliphatic carbocycles. The van der Waals surface area contributed by atoms with Gasteiger partial charge in [0.2, 0.25) is 0 Å². The van der Waals surface area contributed by atoms with E-state index < -0.39 is 0 Å². The van der Waals surface area contributed by atoms with Crippen molar-refractivity contribution in [3.63, 3.8) is 0 Å². The summed E-state index contributed by atoms with van der Waals surface area (Å²) >= 11 is 0. The zero-order chi connectivity index (χ0) is 3.58. The van der Waals surface area contributed by atoms with Gasteiger partial charge >= 0.3 is 22.4 Å². The molecule has 0 aliphatic heterocycles. The number of rotatable bonds is 0. The van der Waals surface area contributed by atoms with Crippen LogP contribution in [-0.2, 0) is 22.4 Å². The molecule has 0 amide bonds. The van der Waals surface area contributed by atoms with Crippen LogP contribution in [0.5, 0.6) is 0 Å². The predicted molar refractivity (Wildman–Crippen MR) is 20.3 cm³/mol. The summed E-state index contributed by atoms with van der Waals surface area (Å²) < 4.78 is 0. The van der Waals surface area contributed by atoms with Gasteiger partial charge in [-0.3, -0.25) is 0 Å². The third kappa shape index (κ3) is 65.0. The standard InChI is InChI=1S/C4H9.Au/c1-4(2)3;/h1-3H3;/q-1;+1. The van der Waals surface area contributed by atoms with E-state index in [4.69, 9.17) is 0 Å². The van der Waals surface area contributed by atoms with Gasteiger partial charge in [-0.1, -0.05) is 0 Å². The van der Waals surface area contributed by atoms with E-state index in [1.54, 1.807) is 0 Å². The molecule has 0 aromatic heterocycles. The maximum absolute atomic E-state index is 2.08. The summed E-state index contributed by atoms with van der Waals surface area (Å²) in [6.45, 7) is 6.25. The van der Waals surface area contributed by atoms with Gasteiger partial charge in [0.25, 0.3) is 0 Å². The zero-order valence-electron chi connectivity index (χ0n) is 3.80. The molecule has 0 aliphatic rings. The minimum absolute atomic E-state index is 0. The van der Waals surface area contributed by atoms with Gasteiger partial charge in [-0.15, -0.1) is 0 Å². The van der Waals surface area contributed by atoms with E-state index in [2.05, 4.69) is 20.8 Å². The van der Waals surface area contributed by atoms with Crippen LogP contribution in [-0.4, -0.2) is 0 Å². The second-order valence-electron chi connectivity index (χ2n) is 1.50. The SMILES string of the molecule is C[C-](C)C.[Au+]. The van der Waals surface area contributed by atoms with Crippen molar-refractivity contribution < 1.29 is 22.4 Å². The van der Waals surface area contributed by atoms with Crippen LogP contribution >= 0.6 is 0 Å². The second kappa shape index (κ2) is 4.74. The molecule has 36 valence electrons. The fourth-order valence-corrected chi connectivity index (χ4v) is 0. The van der Waals surface area contributed by atoms with E-state index in [-0.39, 0.29) is 22.4 Å². The molecule has 0 saturated carbocycles. The third-order valence-corrected chi connectivity index (χ3v) is 0. The van der Waals surface area contributed by atoms with Crippen molar-refractivity contribution in [1.82, 2.24) is 0 Å². The molecule has 0 saturated heterocycles. The van der Waals surface area contributed by atoms with E-state index >= 15 is 0 Å².